The molecule has 0 bridgehead atoms. The van der Waals surface area contributed by atoms with E-state index in [-0.39, 0.29) is 5.92 Å². The Bertz CT molecular complexity index is 1020. The first-order valence-electron chi connectivity index (χ1n) is 15.6. The van der Waals surface area contributed by atoms with Crippen molar-refractivity contribution < 1.29 is 47.4 Å². The zero-order valence-electron chi connectivity index (χ0n) is 26.3. The van der Waals surface area contributed by atoms with Crippen LogP contribution in [-0.4, -0.2) is 125 Å². The zero-order valence-corrected chi connectivity index (χ0v) is 26.3. The Hall–Kier alpha value is -2.87. The molecule has 11 heteroatoms. The molecule has 2 aromatic rings. The van der Waals surface area contributed by atoms with Gasteiger partial charge in [-0.15, -0.1) is 6.58 Å². The molecule has 0 saturated carbocycles. The van der Waals surface area contributed by atoms with Crippen molar-refractivity contribution in [2.45, 2.75) is 5.92 Å². The number of ether oxygens (including phenoxy) is 9. The van der Waals surface area contributed by atoms with Gasteiger partial charge in [-0.05, 0) is 22.3 Å². The lowest BCUT2D eigenvalue weighted by Crippen LogP contribution is -2.29. The Morgan fingerprint density at radius 3 is 1.38 bits per heavy atom. The summed E-state index contributed by atoms with van der Waals surface area (Å²) in [5.41, 5.74) is 4.78. The second-order valence-corrected chi connectivity index (χ2v) is 9.90. The SMILES string of the molecule is C=CCOCCOCCOCCOCCOCCOCCOCCOCCNC(=O)OCC1c2ccccc2-c2ccccc21. The average molecular weight is 632 g/mol. The minimum atomic E-state index is -0.449. The summed E-state index contributed by atoms with van der Waals surface area (Å²) in [6.07, 6.45) is 1.26. The van der Waals surface area contributed by atoms with Crippen LogP contribution in [0.1, 0.15) is 17.0 Å². The van der Waals surface area contributed by atoms with Crippen LogP contribution in [0.5, 0.6) is 0 Å². The van der Waals surface area contributed by atoms with Gasteiger partial charge >= 0.3 is 6.09 Å². The molecule has 2 aromatic carbocycles. The maximum atomic E-state index is 12.2. The van der Waals surface area contributed by atoms with Crippen LogP contribution in [0.2, 0.25) is 0 Å². The number of carbonyl (C=O) groups excluding carboxylic acids is 1. The number of hydrogen-bond acceptors (Lipinski definition) is 10. The Morgan fingerprint density at radius 1 is 0.578 bits per heavy atom. The van der Waals surface area contributed by atoms with E-state index in [1.165, 1.54) is 22.3 Å². The number of nitrogens with one attached hydrogen (secondary N) is 1. The summed E-state index contributed by atoms with van der Waals surface area (Å²) < 4.78 is 49.0. The Balaban J connectivity index is 1.01. The van der Waals surface area contributed by atoms with Crippen LogP contribution in [0.15, 0.2) is 61.2 Å². The first kappa shape index (κ1) is 36.6. The first-order valence-corrected chi connectivity index (χ1v) is 15.6. The van der Waals surface area contributed by atoms with Crippen molar-refractivity contribution in [3.05, 3.63) is 72.3 Å². The molecule has 0 aromatic heterocycles. The van der Waals surface area contributed by atoms with Crippen molar-refractivity contribution in [1.29, 1.82) is 0 Å². The van der Waals surface area contributed by atoms with E-state index < -0.39 is 6.09 Å². The maximum absolute atomic E-state index is 12.2. The summed E-state index contributed by atoms with van der Waals surface area (Å²) in [4.78, 5) is 12.2. The van der Waals surface area contributed by atoms with Gasteiger partial charge in [-0.25, -0.2) is 4.79 Å². The Kier molecular flexibility index (Phi) is 19.8. The number of benzene rings is 2. The summed E-state index contributed by atoms with van der Waals surface area (Å²) in [7, 11) is 0. The number of hydrogen-bond donors (Lipinski definition) is 1. The van der Waals surface area contributed by atoms with E-state index in [0.717, 1.165) is 0 Å². The lowest BCUT2D eigenvalue weighted by molar-refractivity contribution is -0.0225. The van der Waals surface area contributed by atoms with Crippen molar-refractivity contribution in [3.63, 3.8) is 0 Å². The molecule has 250 valence electrons. The molecule has 45 heavy (non-hydrogen) atoms. The molecule has 0 heterocycles. The maximum Gasteiger partial charge on any atom is 0.407 e. The van der Waals surface area contributed by atoms with Gasteiger partial charge in [-0.3, -0.25) is 0 Å². The molecule has 0 unspecified atom stereocenters. The number of fused-ring (bicyclic) bond motifs is 3. The monoisotopic (exact) mass is 631 g/mol. The van der Waals surface area contributed by atoms with E-state index in [2.05, 4.69) is 36.2 Å². The Labute approximate surface area is 267 Å². The van der Waals surface area contributed by atoms with E-state index in [4.69, 9.17) is 42.6 Å². The lowest BCUT2D eigenvalue weighted by Gasteiger charge is -2.14. The van der Waals surface area contributed by atoms with Crippen molar-refractivity contribution in [2.75, 3.05) is 119 Å². The third-order valence-corrected chi connectivity index (χ3v) is 6.70. The molecular formula is C34H49NO10. The molecule has 1 aliphatic carbocycles. The molecule has 11 nitrogen and oxygen atoms in total. The van der Waals surface area contributed by atoms with Crippen LogP contribution in [-0.2, 0) is 42.6 Å². The largest absolute Gasteiger partial charge is 0.449 e. The predicted molar refractivity (Wildman–Crippen MR) is 170 cm³/mol. The van der Waals surface area contributed by atoms with Gasteiger partial charge in [-0.1, -0.05) is 54.6 Å². The molecule has 0 fully saturated rings. The van der Waals surface area contributed by atoms with Crippen LogP contribution >= 0.6 is 0 Å². The standard InChI is InChI=1S/C34H49NO10/c1-2-12-37-14-16-39-18-20-41-22-24-43-26-27-44-25-23-42-21-19-40-17-15-38-13-11-35-34(36)45-28-33-31-9-5-3-7-29(31)30-8-4-6-10-32(30)33/h2-10,33H,1,11-28H2,(H,35,36). The van der Waals surface area contributed by atoms with Crippen LogP contribution < -0.4 is 5.32 Å². The topological polar surface area (TPSA) is 112 Å². The smallest absolute Gasteiger partial charge is 0.407 e. The van der Waals surface area contributed by atoms with Crippen molar-refractivity contribution in [2.24, 2.45) is 0 Å². The third kappa shape index (κ3) is 15.3. The molecule has 0 radical (unpaired) electrons. The molecule has 0 spiro atoms. The Morgan fingerprint density at radius 2 is 0.956 bits per heavy atom. The minimum Gasteiger partial charge on any atom is -0.449 e. The van der Waals surface area contributed by atoms with Crippen LogP contribution in [0.4, 0.5) is 4.79 Å². The molecule has 3 rings (SSSR count). The van der Waals surface area contributed by atoms with Gasteiger partial charge in [0, 0.05) is 12.5 Å². The highest BCUT2D eigenvalue weighted by Gasteiger charge is 2.28. The number of rotatable bonds is 28. The van der Waals surface area contributed by atoms with Gasteiger partial charge in [0.2, 0.25) is 0 Å². The van der Waals surface area contributed by atoms with Gasteiger partial charge in [0.1, 0.15) is 6.61 Å². The summed E-state index contributed by atoms with van der Waals surface area (Å²) in [5, 5.41) is 2.74. The second kappa shape index (κ2) is 24.4. The van der Waals surface area contributed by atoms with E-state index in [1.54, 1.807) is 6.08 Å². The highest BCUT2D eigenvalue weighted by atomic mass is 16.6. The summed E-state index contributed by atoms with van der Waals surface area (Å²) in [5.74, 6) is 0.0418. The molecule has 0 saturated heterocycles. The van der Waals surface area contributed by atoms with Crippen LogP contribution in [0.25, 0.3) is 11.1 Å². The molecule has 0 atom stereocenters. The third-order valence-electron chi connectivity index (χ3n) is 6.70. The van der Waals surface area contributed by atoms with Crippen molar-refractivity contribution in [3.8, 4) is 11.1 Å². The fraction of sp³-hybridized carbons (Fsp3) is 0.559. The lowest BCUT2D eigenvalue weighted by atomic mass is 9.98. The quantitative estimate of drug-likeness (QED) is 0.110. The van der Waals surface area contributed by atoms with E-state index in [1.807, 2.05) is 24.3 Å². The zero-order chi connectivity index (χ0) is 31.6. The molecular weight excluding hydrogens is 582 g/mol. The second-order valence-electron chi connectivity index (χ2n) is 9.90. The summed E-state index contributed by atoms with van der Waals surface area (Å²) >= 11 is 0. The highest BCUT2D eigenvalue weighted by Crippen LogP contribution is 2.44. The number of carbonyl (C=O) groups is 1. The van der Waals surface area contributed by atoms with Gasteiger partial charge in [-0.2, -0.15) is 0 Å². The van der Waals surface area contributed by atoms with Gasteiger partial charge < -0.3 is 47.9 Å². The fourth-order valence-electron chi connectivity index (χ4n) is 4.58. The highest BCUT2D eigenvalue weighted by molar-refractivity contribution is 5.79. The van der Waals surface area contributed by atoms with Crippen LogP contribution in [0, 0.1) is 0 Å². The molecule has 1 aliphatic rings. The minimum absolute atomic E-state index is 0.0418. The summed E-state index contributed by atoms with van der Waals surface area (Å²) in [6.45, 7) is 12.2. The van der Waals surface area contributed by atoms with Crippen molar-refractivity contribution in [1.82, 2.24) is 5.32 Å². The summed E-state index contributed by atoms with van der Waals surface area (Å²) in [6, 6.07) is 16.5. The predicted octanol–water partition coefficient (Wildman–Crippen LogP) is 3.84. The van der Waals surface area contributed by atoms with Crippen LogP contribution in [0.3, 0.4) is 0 Å². The van der Waals surface area contributed by atoms with E-state index in [0.29, 0.717) is 119 Å². The molecule has 0 aliphatic heterocycles. The normalized spacial score (nSPS) is 12.2. The number of amides is 1. The first-order chi connectivity index (χ1) is 22.3. The van der Waals surface area contributed by atoms with Gasteiger partial charge in [0.25, 0.3) is 0 Å². The molecule has 1 N–H and O–H groups in total. The number of alkyl carbamates (subject to hydrolysis) is 1. The molecule has 1 amide bonds. The average Bonchev–Trinajstić information content (AvgIpc) is 3.39. The van der Waals surface area contributed by atoms with E-state index in [9.17, 15) is 4.79 Å². The van der Waals surface area contributed by atoms with E-state index >= 15 is 0 Å². The van der Waals surface area contributed by atoms with Crippen molar-refractivity contribution >= 4 is 6.09 Å². The van der Waals surface area contributed by atoms with Gasteiger partial charge in [0.05, 0.1) is 106 Å². The fourth-order valence-corrected chi connectivity index (χ4v) is 4.58. The van der Waals surface area contributed by atoms with Gasteiger partial charge in [0.15, 0.2) is 0 Å².